The molecule has 0 spiro atoms. The second-order valence-corrected chi connectivity index (χ2v) is 12.5. The van der Waals surface area contributed by atoms with Crippen LogP contribution in [0.5, 0.6) is 0 Å². The molecule has 0 bridgehead atoms. The summed E-state index contributed by atoms with van der Waals surface area (Å²) in [6.07, 6.45) is 1.59. The molecule has 2 heterocycles. The van der Waals surface area contributed by atoms with Gasteiger partial charge in [0.05, 0.1) is 22.0 Å². The summed E-state index contributed by atoms with van der Waals surface area (Å²) in [6.45, 7) is 9.59. The molecule has 0 aliphatic heterocycles. The number of ether oxygens (including phenoxy) is 1. The first-order valence-corrected chi connectivity index (χ1v) is 14.3. The minimum absolute atomic E-state index is 0.612. The van der Waals surface area contributed by atoms with Gasteiger partial charge in [0.1, 0.15) is 5.01 Å². The lowest BCUT2D eigenvalue weighted by atomic mass is 9.91. The summed E-state index contributed by atoms with van der Waals surface area (Å²) in [5, 5.41) is 16.1. The molecule has 0 saturated carbocycles. The number of carboxylic acids is 1. The molecule has 6 nitrogen and oxygen atoms in total. The third-order valence-electron chi connectivity index (χ3n) is 6.95. The Bertz CT molecular complexity index is 1700. The quantitative estimate of drug-likeness (QED) is 0.212. The zero-order valence-corrected chi connectivity index (χ0v) is 25.0. The van der Waals surface area contributed by atoms with Crippen molar-refractivity contribution >= 4 is 39.1 Å². The van der Waals surface area contributed by atoms with E-state index in [9.17, 15) is 9.90 Å². The highest BCUT2D eigenvalue weighted by Crippen LogP contribution is 2.44. The first-order valence-electron chi connectivity index (χ1n) is 13.1. The number of fused-ring (bicyclic) bond motifs is 1. The van der Waals surface area contributed by atoms with E-state index in [0.717, 1.165) is 49.6 Å². The smallest absolute Gasteiger partial charge is 0.337 e. The molecule has 5 aromatic rings. The highest BCUT2D eigenvalue weighted by atomic mass is 35.5. The number of halogens is 1. The van der Waals surface area contributed by atoms with Gasteiger partial charge < -0.3 is 9.84 Å². The highest BCUT2D eigenvalue weighted by Gasteiger charge is 2.32. The fourth-order valence-electron chi connectivity index (χ4n) is 4.86. The van der Waals surface area contributed by atoms with E-state index in [1.54, 1.807) is 11.3 Å². The zero-order chi connectivity index (χ0) is 28.8. The van der Waals surface area contributed by atoms with Crippen LogP contribution in [-0.4, -0.2) is 31.4 Å². The van der Waals surface area contributed by atoms with E-state index in [-0.39, 0.29) is 0 Å². The molecular formula is C32H32ClN3O3S. The van der Waals surface area contributed by atoms with Crippen molar-refractivity contribution in [2.24, 2.45) is 7.05 Å². The van der Waals surface area contributed by atoms with Crippen LogP contribution in [-0.2, 0) is 23.0 Å². The van der Waals surface area contributed by atoms with Crippen LogP contribution in [0.15, 0.2) is 60.8 Å². The van der Waals surface area contributed by atoms with Crippen molar-refractivity contribution in [3.63, 3.8) is 0 Å². The fourth-order valence-corrected chi connectivity index (χ4v) is 6.12. The molecule has 0 aliphatic carbocycles. The molecule has 1 unspecified atom stereocenters. The van der Waals surface area contributed by atoms with Crippen molar-refractivity contribution in [1.82, 2.24) is 14.8 Å². The summed E-state index contributed by atoms with van der Waals surface area (Å²) < 4.78 is 8.92. The van der Waals surface area contributed by atoms with Gasteiger partial charge in [-0.1, -0.05) is 48.0 Å². The molecule has 1 N–H and O–H groups in total. The first-order chi connectivity index (χ1) is 18.9. The monoisotopic (exact) mass is 573 g/mol. The lowest BCUT2D eigenvalue weighted by Crippen LogP contribution is -2.28. The number of carboxylic acid groups (broad SMARTS) is 1. The SMILES string of the molecule is Cc1cc2nc(-c3ccc(Cc4cnn(C)c4C)cc3)sc2c(-c2ccc(Cl)cc2)c1C(OC(C)(C)C)C(=O)O. The Kier molecular flexibility index (Phi) is 7.57. The highest BCUT2D eigenvalue weighted by molar-refractivity contribution is 7.22. The fraction of sp³-hybridized carbons (Fsp3) is 0.281. The Morgan fingerprint density at radius 2 is 1.73 bits per heavy atom. The van der Waals surface area contributed by atoms with E-state index in [4.69, 9.17) is 21.3 Å². The van der Waals surface area contributed by atoms with E-state index in [1.807, 2.05) is 76.0 Å². The second-order valence-electron chi connectivity index (χ2n) is 11.1. The number of hydrogen-bond donors (Lipinski definition) is 1. The number of carbonyl (C=O) groups is 1. The Hall–Kier alpha value is -3.52. The average molecular weight is 574 g/mol. The molecule has 0 radical (unpaired) electrons. The molecule has 206 valence electrons. The van der Waals surface area contributed by atoms with Crippen molar-refractivity contribution in [1.29, 1.82) is 0 Å². The molecule has 0 saturated heterocycles. The van der Waals surface area contributed by atoms with Crippen LogP contribution in [0.25, 0.3) is 31.9 Å². The summed E-state index contributed by atoms with van der Waals surface area (Å²) in [6, 6.07) is 17.9. The summed E-state index contributed by atoms with van der Waals surface area (Å²) in [7, 11) is 1.95. The molecule has 2 aromatic heterocycles. The summed E-state index contributed by atoms with van der Waals surface area (Å²) >= 11 is 7.77. The van der Waals surface area contributed by atoms with Crippen molar-refractivity contribution in [3.05, 3.63) is 93.8 Å². The van der Waals surface area contributed by atoms with Gasteiger partial charge in [0.25, 0.3) is 0 Å². The predicted molar refractivity (Wildman–Crippen MR) is 162 cm³/mol. The molecule has 0 fully saturated rings. The number of thiazole rings is 1. The molecule has 3 aromatic carbocycles. The van der Waals surface area contributed by atoms with Crippen LogP contribution in [0.1, 0.15) is 54.8 Å². The van der Waals surface area contributed by atoms with Crippen molar-refractivity contribution in [2.45, 2.75) is 52.7 Å². The third kappa shape index (κ3) is 5.68. The van der Waals surface area contributed by atoms with Crippen LogP contribution < -0.4 is 0 Å². The molecular weight excluding hydrogens is 542 g/mol. The van der Waals surface area contributed by atoms with E-state index >= 15 is 0 Å². The minimum Gasteiger partial charge on any atom is -0.479 e. The molecule has 0 amide bonds. The number of aryl methyl sites for hydroxylation is 2. The maximum Gasteiger partial charge on any atom is 0.337 e. The van der Waals surface area contributed by atoms with Crippen LogP contribution in [0.3, 0.4) is 0 Å². The summed E-state index contributed by atoms with van der Waals surface area (Å²) in [5.74, 6) is -1.03. The zero-order valence-electron chi connectivity index (χ0n) is 23.4. The number of hydrogen-bond acceptors (Lipinski definition) is 5. The normalized spacial score (nSPS) is 12.7. The van der Waals surface area contributed by atoms with Crippen LogP contribution in [0.4, 0.5) is 0 Å². The Morgan fingerprint density at radius 3 is 2.30 bits per heavy atom. The standard InChI is InChI=1S/C32H32ClN3O3S/c1-18-15-25-29(27(21-11-13-24(33)14-12-21)26(18)28(31(37)38)39-32(3,4)5)40-30(35-25)22-9-7-20(8-10-22)16-23-17-34-36(6)19(23)2/h7-15,17,28H,16H2,1-6H3,(H,37,38). The molecule has 8 heteroatoms. The summed E-state index contributed by atoms with van der Waals surface area (Å²) in [5.41, 5.74) is 7.87. The van der Waals surface area contributed by atoms with Crippen LogP contribution in [0, 0.1) is 13.8 Å². The van der Waals surface area contributed by atoms with Gasteiger partial charge in [0.2, 0.25) is 0 Å². The van der Waals surface area contributed by atoms with Crippen molar-refractivity contribution < 1.29 is 14.6 Å². The van der Waals surface area contributed by atoms with Gasteiger partial charge in [-0.3, -0.25) is 4.68 Å². The van der Waals surface area contributed by atoms with Gasteiger partial charge in [-0.25, -0.2) is 9.78 Å². The third-order valence-corrected chi connectivity index (χ3v) is 8.34. The molecule has 40 heavy (non-hydrogen) atoms. The number of rotatable bonds is 7. The van der Waals surface area contributed by atoms with Crippen LogP contribution in [0.2, 0.25) is 5.02 Å². The predicted octanol–water partition coefficient (Wildman–Crippen LogP) is 8.17. The van der Waals surface area contributed by atoms with Gasteiger partial charge in [0, 0.05) is 40.9 Å². The van der Waals surface area contributed by atoms with Gasteiger partial charge in [-0.15, -0.1) is 11.3 Å². The number of aliphatic carboxylic acids is 1. The average Bonchev–Trinajstić information content (AvgIpc) is 3.45. The molecule has 1 atom stereocenters. The topological polar surface area (TPSA) is 77.2 Å². The van der Waals surface area contributed by atoms with E-state index < -0.39 is 17.7 Å². The Labute approximate surface area is 243 Å². The van der Waals surface area contributed by atoms with E-state index in [2.05, 4.69) is 36.3 Å². The Balaban J connectivity index is 1.63. The van der Waals surface area contributed by atoms with Crippen molar-refractivity contribution in [3.8, 4) is 21.7 Å². The lowest BCUT2D eigenvalue weighted by molar-refractivity contribution is -0.160. The van der Waals surface area contributed by atoms with Crippen LogP contribution >= 0.6 is 22.9 Å². The maximum atomic E-state index is 12.6. The van der Waals surface area contributed by atoms with Crippen molar-refractivity contribution in [2.75, 3.05) is 0 Å². The van der Waals surface area contributed by atoms with Gasteiger partial charge in [0.15, 0.2) is 6.10 Å². The van der Waals surface area contributed by atoms with Gasteiger partial charge >= 0.3 is 5.97 Å². The first kappa shape index (κ1) is 28.0. The van der Waals surface area contributed by atoms with E-state index in [1.165, 1.54) is 11.1 Å². The lowest BCUT2D eigenvalue weighted by Gasteiger charge is -2.28. The minimum atomic E-state index is -1.14. The number of aromatic nitrogens is 3. The van der Waals surface area contributed by atoms with Gasteiger partial charge in [-0.2, -0.15) is 5.10 Å². The second kappa shape index (κ2) is 10.8. The largest absolute Gasteiger partial charge is 0.479 e. The van der Waals surface area contributed by atoms with Gasteiger partial charge in [-0.05, 0) is 75.1 Å². The molecule has 0 aliphatic rings. The Morgan fingerprint density at radius 1 is 1.07 bits per heavy atom. The van der Waals surface area contributed by atoms with E-state index in [0.29, 0.717) is 10.6 Å². The maximum absolute atomic E-state index is 12.6. The molecule has 5 rings (SSSR count). The summed E-state index contributed by atoms with van der Waals surface area (Å²) in [4.78, 5) is 17.5. The number of nitrogens with zero attached hydrogens (tertiary/aromatic N) is 3. The number of benzene rings is 3.